The molecule has 1 aliphatic rings. The van der Waals surface area contributed by atoms with Crippen LogP contribution in [0.5, 0.6) is 0 Å². The molecule has 2 aromatic heterocycles. The smallest absolute Gasteiger partial charge is 0.254 e. The Balaban J connectivity index is 1.83. The molecule has 7 nitrogen and oxygen atoms in total. The molecule has 3 heterocycles. The van der Waals surface area contributed by atoms with Crippen molar-refractivity contribution < 1.29 is 9.53 Å². The van der Waals surface area contributed by atoms with Crippen molar-refractivity contribution >= 4 is 34.4 Å². The van der Waals surface area contributed by atoms with E-state index >= 15 is 0 Å². The molecular weight excluding hydrogens is 366 g/mol. The number of hydrogen-bond donors (Lipinski definition) is 1. The minimum atomic E-state index is -0.0537. The van der Waals surface area contributed by atoms with Crippen LogP contribution >= 0.6 is 11.6 Å². The van der Waals surface area contributed by atoms with Crippen LogP contribution in [-0.4, -0.2) is 59.1 Å². The van der Waals surface area contributed by atoms with Crippen LogP contribution in [0.1, 0.15) is 10.4 Å². The minimum Gasteiger partial charge on any atom is -0.378 e. The Bertz CT molecular complexity index is 987. The van der Waals surface area contributed by atoms with Gasteiger partial charge in [0.2, 0.25) is 5.95 Å². The molecule has 1 aliphatic heterocycles. The fourth-order valence-corrected chi connectivity index (χ4v) is 3.22. The van der Waals surface area contributed by atoms with Gasteiger partial charge < -0.3 is 15.0 Å². The lowest BCUT2D eigenvalue weighted by molar-refractivity contribution is 0.0304. The Labute approximate surface area is 161 Å². The summed E-state index contributed by atoms with van der Waals surface area (Å²) < 4.78 is 5.36. The van der Waals surface area contributed by atoms with E-state index in [1.807, 2.05) is 6.07 Å². The Morgan fingerprint density at radius 2 is 1.93 bits per heavy atom. The van der Waals surface area contributed by atoms with Gasteiger partial charge in [-0.3, -0.25) is 4.79 Å². The summed E-state index contributed by atoms with van der Waals surface area (Å²) in [5.41, 5.74) is 2.65. The number of nitrogens with zero attached hydrogens (tertiary/aromatic N) is 4. The first-order chi connectivity index (χ1) is 13.2. The van der Waals surface area contributed by atoms with Crippen molar-refractivity contribution in [2.24, 2.45) is 0 Å². The highest BCUT2D eigenvalue weighted by molar-refractivity contribution is 6.31. The van der Waals surface area contributed by atoms with Crippen LogP contribution in [0.25, 0.3) is 22.2 Å². The van der Waals surface area contributed by atoms with E-state index in [0.717, 1.165) is 10.9 Å². The van der Waals surface area contributed by atoms with Crippen LogP contribution in [0.3, 0.4) is 0 Å². The van der Waals surface area contributed by atoms with E-state index in [2.05, 4.69) is 20.3 Å². The molecule has 1 saturated heterocycles. The molecule has 0 bridgehead atoms. The van der Waals surface area contributed by atoms with Gasteiger partial charge in [0, 0.05) is 48.5 Å². The number of morpholine rings is 1. The van der Waals surface area contributed by atoms with E-state index in [1.54, 1.807) is 42.5 Å². The van der Waals surface area contributed by atoms with Crippen LogP contribution in [0.2, 0.25) is 5.02 Å². The molecule has 1 fully saturated rings. The molecular formula is C19H18ClN5O2. The number of halogens is 1. The summed E-state index contributed by atoms with van der Waals surface area (Å²) in [6.07, 6.45) is 3.37. The number of amides is 1. The first-order valence-electron chi connectivity index (χ1n) is 8.63. The van der Waals surface area contributed by atoms with Gasteiger partial charge in [0.15, 0.2) is 0 Å². The van der Waals surface area contributed by atoms with Gasteiger partial charge in [-0.15, -0.1) is 0 Å². The van der Waals surface area contributed by atoms with E-state index in [-0.39, 0.29) is 5.91 Å². The largest absolute Gasteiger partial charge is 0.378 e. The van der Waals surface area contributed by atoms with Crippen LogP contribution < -0.4 is 5.32 Å². The molecule has 0 unspecified atom stereocenters. The van der Waals surface area contributed by atoms with E-state index in [1.165, 1.54) is 0 Å². The second-order valence-corrected chi connectivity index (χ2v) is 6.60. The number of hydrogen-bond acceptors (Lipinski definition) is 6. The zero-order chi connectivity index (χ0) is 18.8. The Kier molecular flexibility index (Phi) is 4.87. The highest BCUT2D eigenvalue weighted by Gasteiger charge is 2.22. The average Bonchev–Trinajstić information content (AvgIpc) is 2.73. The number of aromatic nitrogens is 3. The first-order valence-corrected chi connectivity index (χ1v) is 9.01. The van der Waals surface area contributed by atoms with Crippen molar-refractivity contribution in [1.82, 2.24) is 19.9 Å². The quantitative estimate of drug-likeness (QED) is 0.749. The van der Waals surface area contributed by atoms with E-state index in [4.69, 9.17) is 16.3 Å². The summed E-state index contributed by atoms with van der Waals surface area (Å²) in [7, 11) is 1.76. The van der Waals surface area contributed by atoms with Crippen molar-refractivity contribution in [3.8, 4) is 11.3 Å². The lowest BCUT2D eigenvalue weighted by atomic mass is 10.0. The lowest BCUT2D eigenvalue weighted by Gasteiger charge is -2.27. The molecule has 0 spiro atoms. The number of benzene rings is 1. The van der Waals surface area contributed by atoms with Crippen molar-refractivity contribution in [1.29, 1.82) is 0 Å². The fourth-order valence-electron chi connectivity index (χ4n) is 3.05. The molecule has 1 aromatic carbocycles. The Morgan fingerprint density at radius 1 is 1.19 bits per heavy atom. The van der Waals surface area contributed by atoms with Gasteiger partial charge in [0.05, 0.1) is 30.0 Å². The number of nitrogens with one attached hydrogen (secondary N) is 1. The summed E-state index contributed by atoms with van der Waals surface area (Å²) in [4.78, 5) is 28.1. The number of ether oxygens (including phenoxy) is 1. The number of carbonyl (C=O) groups excluding carboxylic acids is 1. The zero-order valence-electron chi connectivity index (χ0n) is 14.8. The van der Waals surface area contributed by atoms with Crippen LogP contribution in [-0.2, 0) is 4.74 Å². The molecule has 3 aromatic rings. The number of rotatable bonds is 3. The highest BCUT2D eigenvalue weighted by atomic mass is 35.5. The van der Waals surface area contributed by atoms with Crippen LogP contribution in [0.15, 0.2) is 36.7 Å². The third kappa shape index (κ3) is 3.56. The summed E-state index contributed by atoms with van der Waals surface area (Å²) in [6.45, 7) is 2.22. The Morgan fingerprint density at radius 3 is 2.63 bits per heavy atom. The number of fused-ring (bicyclic) bond motifs is 1. The first kappa shape index (κ1) is 17.6. The predicted octanol–water partition coefficient (Wildman–Crippen LogP) is 2.86. The maximum Gasteiger partial charge on any atom is 0.254 e. The van der Waals surface area contributed by atoms with E-state index in [9.17, 15) is 4.79 Å². The Hall–Kier alpha value is -2.77. The lowest BCUT2D eigenvalue weighted by Crippen LogP contribution is -2.40. The molecule has 1 amide bonds. The molecule has 4 rings (SSSR count). The fraction of sp³-hybridized carbons (Fsp3) is 0.263. The SMILES string of the molecule is CNc1ncc(-c2cc(C(=O)N3CCOCC3)c3cc(Cl)ccc3n2)cn1. The molecule has 138 valence electrons. The molecule has 1 N–H and O–H groups in total. The predicted molar refractivity (Wildman–Crippen MR) is 104 cm³/mol. The summed E-state index contributed by atoms with van der Waals surface area (Å²) in [6, 6.07) is 7.15. The maximum atomic E-state index is 13.2. The van der Waals surface area contributed by atoms with Gasteiger partial charge >= 0.3 is 0 Å². The molecule has 0 radical (unpaired) electrons. The number of pyridine rings is 1. The van der Waals surface area contributed by atoms with Gasteiger partial charge in [-0.2, -0.15) is 0 Å². The molecule has 8 heteroatoms. The number of carbonyl (C=O) groups is 1. The summed E-state index contributed by atoms with van der Waals surface area (Å²) >= 11 is 6.17. The van der Waals surface area contributed by atoms with Crippen molar-refractivity contribution in [2.75, 3.05) is 38.7 Å². The molecule has 0 saturated carbocycles. The van der Waals surface area contributed by atoms with E-state index in [0.29, 0.717) is 54.0 Å². The number of anilines is 1. The van der Waals surface area contributed by atoms with Gasteiger partial charge in [-0.1, -0.05) is 11.6 Å². The van der Waals surface area contributed by atoms with Gasteiger partial charge in [-0.25, -0.2) is 15.0 Å². The molecule has 27 heavy (non-hydrogen) atoms. The zero-order valence-corrected chi connectivity index (χ0v) is 15.5. The molecule has 0 aliphatic carbocycles. The highest BCUT2D eigenvalue weighted by Crippen LogP contribution is 2.28. The van der Waals surface area contributed by atoms with Gasteiger partial charge in [0.25, 0.3) is 5.91 Å². The normalized spacial score (nSPS) is 14.4. The van der Waals surface area contributed by atoms with Crippen molar-refractivity contribution in [3.63, 3.8) is 0 Å². The third-order valence-electron chi connectivity index (χ3n) is 4.47. The summed E-state index contributed by atoms with van der Waals surface area (Å²) in [5.74, 6) is 0.470. The van der Waals surface area contributed by atoms with Crippen LogP contribution in [0.4, 0.5) is 5.95 Å². The van der Waals surface area contributed by atoms with Crippen molar-refractivity contribution in [3.05, 3.63) is 47.2 Å². The average molecular weight is 384 g/mol. The minimum absolute atomic E-state index is 0.0537. The second-order valence-electron chi connectivity index (χ2n) is 6.17. The summed E-state index contributed by atoms with van der Waals surface area (Å²) in [5, 5.41) is 4.18. The maximum absolute atomic E-state index is 13.2. The van der Waals surface area contributed by atoms with Crippen molar-refractivity contribution in [2.45, 2.75) is 0 Å². The van der Waals surface area contributed by atoms with Gasteiger partial charge in [0.1, 0.15) is 0 Å². The van der Waals surface area contributed by atoms with Gasteiger partial charge in [-0.05, 0) is 24.3 Å². The second kappa shape index (κ2) is 7.46. The standard InChI is InChI=1S/C19H18ClN5O2/c1-21-19-22-10-12(11-23-19)17-9-15(18(26)25-4-6-27-7-5-25)14-8-13(20)2-3-16(14)24-17/h2-3,8-11H,4-7H2,1H3,(H,21,22,23). The monoisotopic (exact) mass is 383 g/mol. The third-order valence-corrected chi connectivity index (χ3v) is 4.71. The van der Waals surface area contributed by atoms with Crippen LogP contribution in [0, 0.1) is 0 Å². The molecule has 0 atom stereocenters. The van der Waals surface area contributed by atoms with E-state index < -0.39 is 0 Å². The topological polar surface area (TPSA) is 80.2 Å².